The van der Waals surface area contributed by atoms with Crippen LogP contribution in [0.2, 0.25) is 5.02 Å². The number of aryl methyl sites for hydroxylation is 1. The maximum atomic E-state index is 12.1. The zero-order chi connectivity index (χ0) is 13.2. The lowest BCUT2D eigenvalue weighted by molar-refractivity contribution is 0.601. The number of halogens is 1. The molecule has 0 saturated carbocycles. The number of anilines is 1. The summed E-state index contributed by atoms with van der Waals surface area (Å²) in [6.07, 6.45) is 4.17. The van der Waals surface area contributed by atoms with E-state index in [2.05, 4.69) is 14.7 Å². The summed E-state index contributed by atoms with van der Waals surface area (Å²) in [7, 11) is -3.75. The van der Waals surface area contributed by atoms with Crippen LogP contribution in [0.25, 0.3) is 0 Å². The van der Waals surface area contributed by atoms with Crippen LogP contribution >= 0.6 is 11.6 Å². The molecular weight excluding hydrogens is 274 g/mol. The Morgan fingerprint density at radius 2 is 2.06 bits per heavy atom. The van der Waals surface area contributed by atoms with Gasteiger partial charge in [0.15, 0.2) is 5.82 Å². The van der Waals surface area contributed by atoms with Gasteiger partial charge in [0.05, 0.1) is 11.2 Å². The third-order valence-electron chi connectivity index (χ3n) is 2.18. The summed E-state index contributed by atoms with van der Waals surface area (Å²) in [5.74, 6) is 0.148. The lowest BCUT2D eigenvalue weighted by Gasteiger charge is -2.08. The second-order valence-corrected chi connectivity index (χ2v) is 5.69. The average Bonchev–Trinajstić information content (AvgIpc) is 2.33. The largest absolute Gasteiger partial charge is 0.264 e. The number of hydrogen-bond acceptors (Lipinski definition) is 4. The van der Waals surface area contributed by atoms with Gasteiger partial charge in [0.2, 0.25) is 0 Å². The SMILES string of the molecule is Cc1ccc(Cl)c(S(=O)(=O)Nc2cnccn2)c1. The van der Waals surface area contributed by atoms with Gasteiger partial charge in [-0.1, -0.05) is 17.7 Å². The summed E-state index contributed by atoms with van der Waals surface area (Å²) in [6, 6.07) is 4.78. The normalized spacial score (nSPS) is 11.2. The standard InChI is InChI=1S/C11H10ClN3O2S/c1-8-2-3-9(12)10(6-8)18(16,17)15-11-7-13-4-5-14-11/h2-7H,1H3,(H,14,15). The molecule has 2 rings (SSSR count). The third-order valence-corrected chi connectivity index (χ3v) is 4.01. The zero-order valence-electron chi connectivity index (χ0n) is 9.46. The van der Waals surface area contributed by atoms with Gasteiger partial charge < -0.3 is 0 Å². The maximum Gasteiger partial charge on any atom is 0.264 e. The number of hydrogen-bond donors (Lipinski definition) is 1. The molecular formula is C11H10ClN3O2S. The van der Waals surface area contributed by atoms with Crippen molar-refractivity contribution in [1.82, 2.24) is 9.97 Å². The van der Waals surface area contributed by atoms with Crippen LogP contribution in [0.3, 0.4) is 0 Å². The predicted octanol–water partition coefficient (Wildman–Crippen LogP) is 2.24. The smallest absolute Gasteiger partial charge is 0.262 e. The number of benzene rings is 1. The van der Waals surface area contributed by atoms with Crippen molar-refractivity contribution in [1.29, 1.82) is 0 Å². The van der Waals surface area contributed by atoms with Crippen molar-refractivity contribution in [2.45, 2.75) is 11.8 Å². The Morgan fingerprint density at radius 1 is 1.28 bits per heavy atom. The van der Waals surface area contributed by atoms with E-state index in [0.29, 0.717) is 0 Å². The highest BCUT2D eigenvalue weighted by Gasteiger charge is 2.18. The Bertz CT molecular complexity index is 659. The quantitative estimate of drug-likeness (QED) is 0.938. The summed E-state index contributed by atoms with van der Waals surface area (Å²) in [5.41, 5.74) is 0.805. The molecule has 0 saturated heterocycles. The van der Waals surface area contributed by atoms with Crippen molar-refractivity contribution >= 4 is 27.4 Å². The third kappa shape index (κ3) is 2.77. The average molecular weight is 284 g/mol. The fourth-order valence-electron chi connectivity index (χ4n) is 1.36. The van der Waals surface area contributed by atoms with Crippen LogP contribution in [0.5, 0.6) is 0 Å². The first kappa shape index (κ1) is 12.8. The lowest BCUT2D eigenvalue weighted by atomic mass is 10.2. The highest BCUT2D eigenvalue weighted by molar-refractivity contribution is 7.92. The van der Waals surface area contributed by atoms with Crippen molar-refractivity contribution < 1.29 is 8.42 Å². The van der Waals surface area contributed by atoms with E-state index >= 15 is 0 Å². The molecule has 0 spiro atoms. The number of rotatable bonds is 3. The summed E-state index contributed by atoms with van der Waals surface area (Å²) in [6.45, 7) is 1.79. The topological polar surface area (TPSA) is 72.0 Å². The molecule has 1 aromatic heterocycles. The van der Waals surface area contributed by atoms with Crippen LogP contribution in [-0.4, -0.2) is 18.4 Å². The molecule has 1 aromatic carbocycles. The van der Waals surface area contributed by atoms with E-state index in [0.717, 1.165) is 5.56 Å². The molecule has 0 aliphatic carbocycles. The van der Waals surface area contributed by atoms with Crippen LogP contribution in [0, 0.1) is 6.92 Å². The van der Waals surface area contributed by atoms with E-state index < -0.39 is 10.0 Å². The Labute approximate surface area is 110 Å². The van der Waals surface area contributed by atoms with Crippen LogP contribution in [-0.2, 0) is 10.0 Å². The highest BCUT2D eigenvalue weighted by atomic mass is 35.5. The molecule has 1 heterocycles. The van der Waals surface area contributed by atoms with Gasteiger partial charge in [0, 0.05) is 12.4 Å². The zero-order valence-corrected chi connectivity index (χ0v) is 11.0. The Kier molecular flexibility index (Phi) is 3.49. The summed E-state index contributed by atoms with van der Waals surface area (Å²) < 4.78 is 26.5. The Hall–Kier alpha value is -1.66. The molecule has 0 unspecified atom stereocenters. The molecule has 0 atom stereocenters. The monoisotopic (exact) mass is 283 g/mol. The van der Waals surface area contributed by atoms with E-state index in [4.69, 9.17) is 11.6 Å². The first-order chi connectivity index (χ1) is 8.49. The van der Waals surface area contributed by atoms with Gasteiger partial charge in [-0.3, -0.25) is 9.71 Å². The van der Waals surface area contributed by atoms with E-state index in [-0.39, 0.29) is 15.7 Å². The van der Waals surface area contributed by atoms with Gasteiger partial charge in [-0.05, 0) is 24.6 Å². The minimum Gasteiger partial charge on any atom is -0.262 e. The minimum absolute atomic E-state index is 0.0230. The predicted molar refractivity (Wildman–Crippen MR) is 69.0 cm³/mol. The van der Waals surface area contributed by atoms with Gasteiger partial charge in [-0.25, -0.2) is 13.4 Å². The molecule has 5 nitrogen and oxygen atoms in total. The first-order valence-electron chi connectivity index (χ1n) is 5.04. The second-order valence-electron chi connectivity index (χ2n) is 3.63. The van der Waals surface area contributed by atoms with Crippen LogP contribution in [0.1, 0.15) is 5.56 Å². The number of aromatic nitrogens is 2. The molecule has 2 aromatic rings. The van der Waals surface area contributed by atoms with E-state index in [1.54, 1.807) is 19.1 Å². The Balaban J connectivity index is 2.40. The lowest BCUT2D eigenvalue weighted by Crippen LogP contribution is -2.14. The van der Waals surface area contributed by atoms with E-state index in [9.17, 15) is 8.42 Å². The maximum absolute atomic E-state index is 12.1. The van der Waals surface area contributed by atoms with Crippen molar-refractivity contribution in [3.8, 4) is 0 Å². The fourth-order valence-corrected chi connectivity index (χ4v) is 2.94. The molecule has 0 aliphatic rings. The van der Waals surface area contributed by atoms with Gasteiger partial charge in [-0.15, -0.1) is 0 Å². The van der Waals surface area contributed by atoms with Crippen LogP contribution in [0.4, 0.5) is 5.82 Å². The summed E-state index contributed by atoms with van der Waals surface area (Å²) in [5, 5.41) is 0.164. The molecule has 0 bridgehead atoms. The van der Waals surface area contributed by atoms with Crippen molar-refractivity contribution in [2.24, 2.45) is 0 Å². The molecule has 18 heavy (non-hydrogen) atoms. The van der Waals surface area contributed by atoms with Gasteiger partial charge >= 0.3 is 0 Å². The van der Waals surface area contributed by atoms with Crippen LogP contribution < -0.4 is 4.72 Å². The summed E-state index contributed by atoms with van der Waals surface area (Å²) >= 11 is 5.89. The summed E-state index contributed by atoms with van der Waals surface area (Å²) in [4.78, 5) is 7.65. The Morgan fingerprint density at radius 3 is 2.72 bits per heavy atom. The molecule has 0 fully saturated rings. The highest BCUT2D eigenvalue weighted by Crippen LogP contribution is 2.23. The molecule has 0 aliphatic heterocycles. The van der Waals surface area contributed by atoms with Crippen LogP contribution in [0.15, 0.2) is 41.7 Å². The molecule has 0 amide bonds. The number of nitrogens with one attached hydrogen (secondary N) is 1. The molecule has 7 heteroatoms. The van der Waals surface area contributed by atoms with E-state index in [1.807, 2.05) is 0 Å². The van der Waals surface area contributed by atoms with Gasteiger partial charge in [-0.2, -0.15) is 0 Å². The molecule has 94 valence electrons. The fraction of sp³-hybridized carbons (Fsp3) is 0.0909. The molecule has 1 N–H and O–H groups in total. The molecule has 0 radical (unpaired) electrons. The van der Waals surface area contributed by atoms with Gasteiger partial charge in [0.25, 0.3) is 10.0 Å². The van der Waals surface area contributed by atoms with Crippen molar-refractivity contribution in [3.63, 3.8) is 0 Å². The van der Waals surface area contributed by atoms with E-state index in [1.165, 1.54) is 24.7 Å². The number of nitrogens with zero attached hydrogens (tertiary/aromatic N) is 2. The number of sulfonamides is 1. The van der Waals surface area contributed by atoms with Crippen molar-refractivity contribution in [3.05, 3.63) is 47.4 Å². The second kappa shape index (κ2) is 4.91. The first-order valence-corrected chi connectivity index (χ1v) is 6.90. The minimum atomic E-state index is -3.75. The van der Waals surface area contributed by atoms with Crippen molar-refractivity contribution in [2.75, 3.05) is 4.72 Å². The van der Waals surface area contributed by atoms with Gasteiger partial charge in [0.1, 0.15) is 4.90 Å².